The van der Waals surface area contributed by atoms with Gasteiger partial charge in [-0.2, -0.15) is 13.2 Å². The third kappa shape index (κ3) is 5.19. The van der Waals surface area contributed by atoms with Crippen LogP contribution >= 0.6 is 11.3 Å². The third-order valence-corrected chi connectivity index (χ3v) is 6.13. The van der Waals surface area contributed by atoms with Gasteiger partial charge in [-0.3, -0.25) is 4.79 Å². The lowest BCUT2D eigenvalue weighted by molar-refractivity contribution is -0.141. The van der Waals surface area contributed by atoms with Gasteiger partial charge in [0.1, 0.15) is 5.69 Å². The van der Waals surface area contributed by atoms with Crippen molar-refractivity contribution in [2.24, 2.45) is 0 Å². The van der Waals surface area contributed by atoms with Crippen LogP contribution in [0.3, 0.4) is 0 Å². The van der Waals surface area contributed by atoms with E-state index in [1.165, 1.54) is 11.3 Å². The average Bonchev–Trinajstić information content (AvgIpc) is 3.10. The van der Waals surface area contributed by atoms with Crippen molar-refractivity contribution in [3.05, 3.63) is 52.9 Å². The number of aromatic nitrogens is 3. The molecule has 0 spiro atoms. The van der Waals surface area contributed by atoms with Crippen molar-refractivity contribution >= 4 is 28.9 Å². The van der Waals surface area contributed by atoms with Crippen LogP contribution < -0.4 is 10.6 Å². The van der Waals surface area contributed by atoms with Crippen LogP contribution in [0.4, 0.5) is 24.8 Å². The van der Waals surface area contributed by atoms with Gasteiger partial charge in [-0.25, -0.2) is 15.0 Å². The monoisotopic (exact) mass is 447 g/mol. The molecule has 6 nitrogen and oxygen atoms in total. The van der Waals surface area contributed by atoms with E-state index in [1.54, 1.807) is 6.20 Å². The van der Waals surface area contributed by atoms with Crippen molar-refractivity contribution < 1.29 is 18.0 Å². The maximum absolute atomic E-state index is 12.9. The third-order valence-electron chi connectivity index (χ3n) is 4.92. The molecule has 1 amide bonds. The van der Waals surface area contributed by atoms with Gasteiger partial charge in [0.2, 0.25) is 11.9 Å². The summed E-state index contributed by atoms with van der Waals surface area (Å²) in [5.74, 6) is 0.0189. The summed E-state index contributed by atoms with van der Waals surface area (Å²) in [6, 6.07) is 6.45. The number of hydrogen-bond acceptors (Lipinski definition) is 6. The van der Waals surface area contributed by atoms with Crippen molar-refractivity contribution in [3.63, 3.8) is 0 Å². The van der Waals surface area contributed by atoms with Crippen LogP contribution in [-0.2, 0) is 11.0 Å². The Hall–Kier alpha value is -3.01. The van der Waals surface area contributed by atoms with Gasteiger partial charge in [0.15, 0.2) is 0 Å². The normalized spacial score (nSPS) is 17.2. The van der Waals surface area contributed by atoms with Crippen LogP contribution in [0.2, 0.25) is 0 Å². The Morgan fingerprint density at radius 1 is 1.23 bits per heavy atom. The number of carbonyl (C=O) groups is 1. The fraction of sp³-hybridized carbons (Fsp3) is 0.333. The van der Waals surface area contributed by atoms with Crippen molar-refractivity contribution in [3.8, 4) is 10.4 Å². The molecule has 4 rings (SSSR count). The number of thiazole rings is 1. The number of nitrogens with zero attached hydrogens (tertiary/aromatic N) is 3. The number of aryl methyl sites for hydroxylation is 1. The summed E-state index contributed by atoms with van der Waals surface area (Å²) >= 11 is 1.53. The Bertz CT molecular complexity index is 1100. The Balaban J connectivity index is 1.58. The molecule has 2 aromatic heterocycles. The van der Waals surface area contributed by atoms with Gasteiger partial charge in [-0.05, 0) is 49.1 Å². The van der Waals surface area contributed by atoms with Gasteiger partial charge in [-0.15, -0.1) is 11.3 Å². The number of amides is 1. The first-order valence-electron chi connectivity index (χ1n) is 9.80. The molecule has 1 aromatic carbocycles. The first-order chi connectivity index (χ1) is 14.8. The second-order valence-corrected chi connectivity index (χ2v) is 8.49. The molecule has 1 unspecified atom stereocenters. The Labute approximate surface area is 181 Å². The van der Waals surface area contributed by atoms with Crippen molar-refractivity contribution in [1.82, 2.24) is 20.3 Å². The number of halogens is 3. The molecular weight excluding hydrogens is 427 g/mol. The minimum absolute atomic E-state index is 0.0439. The SMILES string of the molecule is Cc1cc(Nc2nccc(C(F)(F)F)n2)cc(-c2cnc(C3CCCNC(=O)C3)s2)c1. The Morgan fingerprint density at radius 2 is 2.06 bits per heavy atom. The highest BCUT2D eigenvalue weighted by Gasteiger charge is 2.32. The minimum Gasteiger partial charge on any atom is -0.356 e. The fourth-order valence-electron chi connectivity index (χ4n) is 3.50. The topological polar surface area (TPSA) is 79.8 Å². The average molecular weight is 447 g/mol. The van der Waals surface area contributed by atoms with E-state index in [0.717, 1.165) is 46.1 Å². The van der Waals surface area contributed by atoms with Gasteiger partial charge in [0.25, 0.3) is 0 Å². The summed E-state index contributed by atoms with van der Waals surface area (Å²) in [5, 5.41) is 6.66. The maximum atomic E-state index is 12.9. The highest BCUT2D eigenvalue weighted by atomic mass is 32.1. The van der Waals surface area contributed by atoms with Crippen LogP contribution in [0.1, 0.15) is 41.4 Å². The van der Waals surface area contributed by atoms with Crippen molar-refractivity contribution in [1.29, 1.82) is 0 Å². The molecule has 162 valence electrons. The molecule has 10 heteroatoms. The maximum Gasteiger partial charge on any atom is 0.433 e. The summed E-state index contributed by atoms with van der Waals surface area (Å²) < 4.78 is 38.7. The van der Waals surface area contributed by atoms with E-state index in [1.807, 2.05) is 25.1 Å². The molecule has 1 saturated heterocycles. The van der Waals surface area contributed by atoms with E-state index in [-0.39, 0.29) is 17.8 Å². The fourth-order valence-corrected chi connectivity index (χ4v) is 4.54. The molecule has 1 aliphatic rings. The van der Waals surface area contributed by atoms with Crippen LogP contribution in [0.25, 0.3) is 10.4 Å². The van der Waals surface area contributed by atoms with Crippen LogP contribution in [0.15, 0.2) is 36.7 Å². The van der Waals surface area contributed by atoms with E-state index in [9.17, 15) is 18.0 Å². The summed E-state index contributed by atoms with van der Waals surface area (Å²) in [5.41, 5.74) is 1.39. The largest absolute Gasteiger partial charge is 0.433 e. The Kier molecular flexibility index (Phi) is 5.90. The van der Waals surface area contributed by atoms with Crippen LogP contribution in [0.5, 0.6) is 0 Å². The highest BCUT2D eigenvalue weighted by Crippen LogP contribution is 2.36. The number of carbonyl (C=O) groups excluding carboxylic acids is 1. The molecule has 1 atom stereocenters. The van der Waals surface area contributed by atoms with E-state index in [4.69, 9.17) is 0 Å². The molecule has 31 heavy (non-hydrogen) atoms. The lowest BCUT2D eigenvalue weighted by Gasteiger charge is -2.10. The predicted molar refractivity (Wildman–Crippen MR) is 112 cm³/mol. The standard InChI is InChI=1S/C21H20F3N5OS/c1-12-7-14(16-11-27-19(31-16)13-3-2-5-25-18(30)10-13)9-15(8-12)28-20-26-6-4-17(29-20)21(22,23)24/h4,6-9,11,13H,2-3,5,10H2,1H3,(H,25,30)(H,26,28,29). The van der Waals surface area contributed by atoms with E-state index < -0.39 is 11.9 Å². The molecule has 0 aliphatic carbocycles. The summed E-state index contributed by atoms with van der Waals surface area (Å²) in [6.45, 7) is 2.59. The van der Waals surface area contributed by atoms with Crippen LogP contribution in [0, 0.1) is 6.92 Å². The molecule has 2 N–H and O–H groups in total. The van der Waals surface area contributed by atoms with E-state index in [0.29, 0.717) is 18.7 Å². The zero-order valence-corrected chi connectivity index (χ0v) is 17.5. The molecule has 0 saturated carbocycles. The number of anilines is 2. The lowest BCUT2D eigenvalue weighted by atomic mass is 10.0. The quantitative estimate of drug-likeness (QED) is 0.585. The molecule has 0 radical (unpaired) electrons. The van der Waals surface area contributed by atoms with Gasteiger partial charge in [-0.1, -0.05) is 6.07 Å². The molecule has 1 aliphatic heterocycles. The summed E-state index contributed by atoms with van der Waals surface area (Å²) in [6.07, 6.45) is 0.570. The smallest absolute Gasteiger partial charge is 0.356 e. The van der Waals surface area contributed by atoms with Gasteiger partial charge in [0.05, 0.1) is 9.88 Å². The molecular formula is C21H20F3N5OS. The highest BCUT2D eigenvalue weighted by molar-refractivity contribution is 7.15. The number of benzene rings is 1. The number of hydrogen-bond donors (Lipinski definition) is 2. The van der Waals surface area contributed by atoms with Crippen molar-refractivity contribution in [2.75, 3.05) is 11.9 Å². The minimum atomic E-state index is -4.54. The number of rotatable bonds is 4. The molecule has 3 aromatic rings. The summed E-state index contributed by atoms with van der Waals surface area (Å²) in [4.78, 5) is 24.8. The summed E-state index contributed by atoms with van der Waals surface area (Å²) in [7, 11) is 0. The van der Waals surface area contributed by atoms with Gasteiger partial charge in [0, 0.05) is 37.0 Å². The van der Waals surface area contributed by atoms with Crippen molar-refractivity contribution in [2.45, 2.75) is 38.3 Å². The second-order valence-electron chi connectivity index (χ2n) is 7.43. The molecule has 3 heterocycles. The van der Waals surface area contributed by atoms with Crippen LogP contribution in [-0.4, -0.2) is 27.4 Å². The second kappa shape index (κ2) is 8.62. The molecule has 1 fully saturated rings. The Morgan fingerprint density at radius 3 is 2.87 bits per heavy atom. The number of alkyl halides is 3. The molecule has 0 bridgehead atoms. The first kappa shape index (κ1) is 21.2. The van der Waals surface area contributed by atoms with E-state index in [2.05, 4.69) is 25.6 Å². The lowest BCUT2D eigenvalue weighted by Crippen LogP contribution is -2.22. The predicted octanol–water partition coefficient (Wildman–Crippen LogP) is 5.05. The van der Waals surface area contributed by atoms with Gasteiger partial charge >= 0.3 is 6.18 Å². The first-order valence-corrected chi connectivity index (χ1v) is 10.6. The van der Waals surface area contributed by atoms with Gasteiger partial charge < -0.3 is 10.6 Å². The number of nitrogens with one attached hydrogen (secondary N) is 2. The zero-order valence-electron chi connectivity index (χ0n) is 16.7. The van der Waals surface area contributed by atoms with E-state index >= 15 is 0 Å². The zero-order chi connectivity index (χ0) is 22.0.